The van der Waals surface area contributed by atoms with Gasteiger partial charge in [0.05, 0.1) is 5.56 Å². The average molecular weight is 282 g/mol. The number of amides is 1. The monoisotopic (exact) mass is 282 g/mol. The van der Waals surface area contributed by atoms with Gasteiger partial charge in [0.25, 0.3) is 0 Å². The summed E-state index contributed by atoms with van der Waals surface area (Å²) in [7, 11) is 0. The molecular formula is C16H14N2O3. The third kappa shape index (κ3) is 4.21. The van der Waals surface area contributed by atoms with E-state index in [2.05, 4.69) is 5.32 Å². The summed E-state index contributed by atoms with van der Waals surface area (Å²) in [6.45, 7) is 0. The van der Waals surface area contributed by atoms with Gasteiger partial charge in [-0.15, -0.1) is 0 Å². The second-order valence-electron chi connectivity index (χ2n) is 4.38. The van der Waals surface area contributed by atoms with Gasteiger partial charge in [0.15, 0.2) is 0 Å². The summed E-state index contributed by atoms with van der Waals surface area (Å²) in [5.41, 5.74) is 7.80. The van der Waals surface area contributed by atoms with Gasteiger partial charge in [-0.25, -0.2) is 4.79 Å². The highest BCUT2D eigenvalue weighted by Gasteiger charge is 2.02. The number of nitrogens with two attached hydrogens (primary N) is 1. The Morgan fingerprint density at radius 2 is 1.81 bits per heavy atom. The molecule has 4 N–H and O–H groups in total. The average Bonchev–Trinajstić information content (AvgIpc) is 2.46. The number of carboxylic acids is 1. The Bertz CT molecular complexity index is 691. The first-order valence-corrected chi connectivity index (χ1v) is 6.22. The van der Waals surface area contributed by atoms with E-state index >= 15 is 0 Å². The lowest BCUT2D eigenvalue weighted by Crippen LogP contribution is -2.08. The number of carbonyl (C=O) groups excluding carboxylic acids is 1. The van der Waals surface area contributed by atoms with Crippen LogP contribution in [-0.2, 0) is 4.79 Å². The number of hydrogen-bond acceptors (Lipinski definition) is 3. The van der Waals surface area contributed by atoms with Gasteiger partial charge in [0.1, 0.15) is 0 Å². The van der Waals surface area contributed by atoms with Gasteiger partial charge >= 0.3 is 5.97 Å². The molecule has 0 spiro atoms. The molecule has 0 aliphatic carbocycles. The second-order valence-corrected chi connectivity index (χ2v) is 4.38. The van der Waals surface area contributed by atoms with Gasteiger partial charge in [-0.05, 0) is 48.0 Å². The van der Waals surface area contributed by atoms with Crippen molar-refractivity contribution in [1.29, 1.82) is 0 Å². The molecule has 0 fully saturated rings. The Morgan fingerprint density at radius 3 is 2.43 bits per heavy atom. The molecule has 0 aromatic heterocycles. The van der Waals surface area contributed by atoms with Crippen molar-refractivity contribution in [2.45, 2.75) is 0 Å². The summed E-state index contributed by atoms with van der Waals surface area (Å²) in [5.74, 6) is -1.31. The maximum Gasteiger partial charge on any atom is 0.335 e. The molecular weight excluding hydrogens is 268 g/mol. The molecule has 0 aliphatic heterocycles. The standard InChI is InChI=1S/C16H14N2O3/c17-13-3-1-2-11(10-13)4-9-15(19)18-14-7-5-12(6-8-14)16(20)21/h1-10H,17H2,(H,18,19)(H,20,21)/b9-4+. The van der Waals surface area contributed by atoms with Gasteiger partial charge in [0, 0.05) is 17.5 Å². The molecule has 1 amide bonds. The van der Waals surface area contributed by atoms with E-state index in [1.165, 1.54) is 30.3 Å². The van der Waals surface area contributed by atoms with Crippen LogP contribution in [0, 0.1) is 0 Å². The number of carboxylic acid groups (broad SMARTS) is 1. The third-order valence-corrected chi connectivity index (χ3v) is 2.74. The van der Waals surface area contributed by atoms with Crippen LogP contribution in [0.15, 0.2) is 54.6 Å². The lowest BCUT2D eigenvalue weighted by atomic mass is 10.2. The van der Waals surface area contributed by atoms with Gasteiger partial charge in [-0.3, -0.25) is 4.79 Å². The molecule has 21 heavy (non-hydrogen) atoms. The summed E-state index contributed by atoms with van der Waals surface area (Å²) >= 11 is 0. The number of carbonyl (C=O) groups is 2. The summed E-state index contributed by atoms with van der Waals surface area (Å²) in [5, 5.41) is 11.4. The predicted molar refractivity (Wildman–Crippen MR) is 81.9 cm³/mol. The molecule has 0 saturated carbocycles. The quantitative estimate of drug-likeness (QED) is 0.593. The molecule has 0 aliphatic rings. The Balaban J connectivity index is 1.99. The molecule has 106 valence electrons. The molecule has 0 atom stereocenters. The third-order valence-electron chi connectivity index (χ3n) is 2.74. The van der Waals surface area contributed by atoms with Crippen LogP contribution in [0.25, 0.3) is 6.08 Å². The minimum absolute atomic E-state index is 0.170. The molecule has 0 heterocycles. The Hall–Kier alpha value is -3.08. The first kappa shape index (κ1) is 14.3. The zero-order chi connectivity index (χ0) is 15.2. The Labute approximate surface area is 121 Å². The normalized spacial score (nSPS) is 10.5. The van der Waals surface area contributed by atoms with Crippen LogP contribution in [0.4, 0.5) is 11.4 Å². The number of nitrogens with one attached hydrogen (secondary N) is 1. The number of anilines is 2. The van der Waals surface area contributed by atoms with Crippen molar-refractivity contribution in [2.24, 2.45) is 0 Å². The van der Waals surface area contributed by atoms with E-state index in [1.807, 2.05) is 6.07 Å². The minimum Gasteiger partial charge on any atom is -0.478 e. The maximum absolute atomic E-state index is 11.7. The number of nitrogen functional groups attached to an aromatic ring is 1. The van der Waals surface area contributed by atoms with Crippen molar-refractivity contribution in [1.82, 2.24) is 0 Å². The Kier molecular flexibility index (Phi) is 4.36. The van der Waals surface area contributed by atoms with Crippen molar-refractivity contribution in [3.05, 3.63) is 65.7 Å². The van der Waals surface area contributed by atoms with E-state index in [-0.39, 0.29) is 11.5 Å². The van der Waals surface area contributed by atoms with Crippen molar-refractivity contribution in [3.8, 4) is 0 Å². The molecule has 5 nitrogen and oxygen atoms in total. The molecule has 2 aromatic carbocycles. The highest BCUT2D eigenvalue weighted by Crippen LogP contribution is 2.11. The number of benzene rings is 2. The number of rotatable bonds is 4. The van der Waals surface area contributed by atoms with Gasteiger partial charge in [-0.1, -0.05) is 12.1 Å². The second kappa shape index (κ2) is 6.38. The molecule has 0 saturated heterocycles. The molecule has 0 unspecified atom stereocenters. The van der Waals surface area contributed by atoms with E-state index in [0.29, 0.717) is 11.4 Å². The van der Waals surface area contributed by atoms with Crippen molar-refractivity contribution >= 4 is 29.3 Å². The highest BCUT2D eigenvalue weighted by molar-refractivity contribution is 6.02. The van der Waals surface area contributed by atoms with Gasteiger partial charge < -0.3 is 16.2 Å². The van der Waals surface area contributed by atoms with Crippen LogP contribution in [-0.4, -0.2) is 17.0 Å². The van der Waals surface area contributed by atoms with E-state index < -0.39 is 5.97 Å². The summed E-state index contributed by atoms with van der Waals surface area (Å²) in [6, 6.07) is 13.1. The van der Waals surface area contributed by atoms with Crippen molar-refractivity contribution < 1.29 is 14.7 Å². The number of aromatic carboxylic acids is 1. The van der Waals surface area contributed by atoms with Crippen LogP contribution in [0.1, 0.15) is 15.9 Å². The summed E-state index contributed by atoms with van der Waals surface area (Å²) in [4.78, 5) is 22.5. The van der Waals surface area contributed by atoms with Crippen LogP contribution >= 0.6 is 0 Å². The molecule has 2 rings (SSSR count). The van der Waals surface area contributed by atoms with Gasteiger partial charge in [-0.2, -0.15) is 0 Å². The van der Waals surface area contributed by atoms with Crippen LogP contribution in [0.2, 0.25) is 0 Å². The van der Waals surface area contributed by atoms with Crippen LogP contribution in [0.3, 0.4) is 0 Å². The highest BCUT2D eigenvalue weighted by atomic mass is 16.4. The molecule has 2 aromatic rings. The molecule has 0 bridgehead atoms. The van der Waals surface area contributed by atoms with Crippen LogP contribution < -0.4 is 11.1 Å². The van der Waals surface area contributed by atoms with Crippen molar-refractivity contribution in [2.75, 3.05) is 11.1 Å². The zero-order valence-corrected chi connectivity index (χ0v) is 11.1. The predicted octanol–water partition coefficient (Wildman–Crippen LogP) is 2.62. The lowest BCUT2D eigenvalue weighted by molar-refractivity contribution is -0.111. The first-order valence-electron chi connectivity index (χ1n) is 6.22. The zero-order valence-electron chi connectivity index (χ0n) is 11.1. The minimum atomic E-state index is -1.01. The Morgan fingerprint density at radius 1 is 1.10 bits per heavy atom. The summed E-state index contributed by atoms with van der Waals surface area (Å²) < 4.78 is 0. The maximum atomic E-state index is 11.7. The number of hydrogen-bond donors (Lipinski definition) is 3. The topological polar surface area (TPSA) is 92.4 Å². The fraction of sp³-hybridized carbons (Fsp3) is 0. The van der Waals surface area contributed by atoms with E-state index in [4.69, 9.17) is 10.8 Å². The SMILES string of the molecule is Nc1cccc(/C=C/C(=O)Nc2ccc(C(=O)O)cc2)c1. The van der Waals surface area contributed by atoms with E-state index in [0.717, 1.165) is 5.56 Å². The van der Waals surface area contributed by atoms with Crippen molar-refractivity contribution in [3.63, 3.8) is 0 Å². The fourth-order valence-corrected chi connectivity index (χ4v) is 1.71. The first-order chi connectivity index (χ1) is 10.0. The lowest BCUT2D eigenvalue weighted by Gasteiger charge is -2.02. The molecule has 0 radical (unpaired) electrons. The van der Waals surface area contributed by atoms with Crippen LogP contribution in [0.5, 0.6) is 0 Å². The van der Waals surface area contributed by atoms with E-state index in [1.54, 1.807) is 24.3 Å². The molecule has 5 heteroatoms. The van der Waals surface area contributed by atoms with E-state index in [9.17, 15) is 9.59 Å². The van der Waals surface area contributed by atoms with Gasteiger partial charge in [0.2, 0.25) is 5.91 Å². The largest absolute Gasteiger partial charge is 0.478 e. The fourth-order valence-electron chi connectivity index (χ4n) is 1.71. The smallest absolute Gasteiger partial charge is 0.335 e. The summed E-state index contributed by atoms with van der Waals surface area (Å²) in [6.07, 6.45) is 3.04.